The highest BCUT2D eigenvalue weighted by molar-refractivity contribution is 5.80. The second-order valence-corrected chi connectivity index (χ2v) is 3.25. The molecule has 78 valence electrons. The Balaban J connectivity index is 2.36. The molecule has 0 bridgehead atoms. The van der Waals surface area contributed by atoms with Gasteiger partial charge in [-0.3, -0.25) is 0 Å². The molecular weight excluding hydrogens is 193 g/mol. The van der Waals surface area contributed by atoms with Crippen molar-refractivity contribution in [3.8, 4) is 0 Å². The minimum atomic E-state index is -0.272. The molecule has 0 amide bonds. The first-order valence-corrected chi connectivity index (χ1v) is 4.80. The van der Waals surface area contributed by atoms with Crippen LogP contribution in [0.3, 0.4) is 0 Å². The molecule has 2 rings (SSSR count). The first kappa shape index (κ1) is 9.86. The Morgan fingerprint density at radius 2 is 2.07 bits per heavy atom. The Hall–Kier alpha value is -1.68. The van der Waals surface area contributed by atoms with Gasteiger partial charge in [0.2, 0.25) is 0 Å². The molecule has 3 N–H and O–H groups in total. The number of halogens is 1. The van der Waals surface area contributed by atoms with Crippen LogP contribution in [0.15, 0.2) is 30.3 Å². The van der Waals surface area contributed by atoms with E-state index in [1.807, 2.05) is 12.1 Å². The molecule has 1 aromatic heterocycles. The van der Waals surface area contributed by atoms with Gasteiger partial charge < -0.3 is 11.1 Å². The van der Waals surface area contributed by atoms with Crippen molar-refractivity contribution in [3.05, 3.63) is 36.1 Å². The van der Waals surface area contributed by atoms with Crippen LogP contribution in [0.5, 0.6) is 0 Å². The topological polar surface area (TPSA) is 50.9 Å². The second-order valence-electron chi connectivity index (χ2n) is 3.25. The fraction of sp³-hybridized carbons (Fsp3) is 0.182. The lowest BCUT2D eigenvalue weighted by molar-refractivity contribution is 0.629. The summed E-state index contributed by atoms with van der Waals surface area (Å²) in [5.41, 5.74) is 6.01. The van der Waals surface area contributed by atoms with Crippen LogP contribution in [-0.2, 0) is 0 Å². The molecule has 15 heavy (non-hydrogen) atoms. The summed E-state index contributed by atoms with van der Waals surface area (Å²) in [7, 11) is 0. The number of fused-ring (bicyclic) bond motifs is 1. The summed E-state index contributed by atoms with van der Waals surface area (Å²) in [6, 6.07) is 8.32. The number of nitrogens with one attached hydrogen (secondary N) is 1. The third-order valence-electron chi connectivity index (χ3n) is 2.10. The van der Waals surface area contributed by atoms with Crippen molar-refractivity contribution in [3.63, 3.8) is 0 Å². The van der Waals surface area contributed by atoms with E-state index >= 15 is 0 Å². The van der Waals surface area contributed by atoms with E-state index in [9.17, 15) is 4.39 Å². The summed E-state index contributed by atoms with van der Waals surface area (Å²) in [5.74, 6) is 0.449. The van der Waals surface area contributed by atoms with Gasteiger partial charge in [0.25, 0.3) is 0 Å². The molecule has 0 saturated heterocycles. The third-order valence-corrected chi connectivity index (χ3v) is 2.10. The van der Waals surface area contributed by atoms with Gasteiger partial charge in [0.05, 0.1) is 5.52 Å². The van der Waals surface area contributed by atoms with Crippen molar-refractivity contribution >= 4 is 16.7 Å². The van der Waals surface area contributed by atoms with E-state index in [0.717, 1.165) is 11.2 Å². The summed E-state index contributed by atoms with van der Waals surface area (Å²) >= 11 is 0. The molecule has 3 nitrogen and oxygen atoms in total. The third kappa shape index (κ3) is 2.22. The van der Waals surface area contributed by atoms with Gasteiger partial charge in [-0.2, -0.15) is 0 Å². The summed E-state index contributed by atoms with van der Waals surface area (Å²) in [5, 5.41) is 3.97. The zero-order chi connectivity index (χ0) is 10.7. The molecule has 0 radical (unpaired) electrons. The van der Waals surface area contributed by atoms with Crippen molar-refractivity contribution in [1.82, 2.24) is 4.98 Å². The highest BCUT2D eigenvalue weighted by atomic mass is 19.1. The van der Waals surface area contributed by atoms with Crippen LogP contribution in [0.25, 0.3) is 10.9 Å². The Morgan fingerprint density at radius 1 is 1.27 bits per heavy atom. The Kier molecular flexibility index (Phi) is 2.78. The monoisotopic (exact) mass is 205 g/mol. The van der Waals surface area contributed by atoms with Crippen LogP contribution in [0.4, 0.5) is 10.2 Å². The zero-order valence-electron chi connectivity index (χ0n) is 8.20. The molecule has 2 aromatic rings. The Morgan fingerprint density at radius 3 is 2.87 bits per heavy atom. The number of hydrogen-bond donors (Lipinski definition) is 2. The Bertz CT molecular complexity index is 470. The number of anilines is 1. The van der Waals surface area contributed by atoms with Crippen LogP contribution >= 0.6 is 0 Å². The Labute approximate surface area is 87.1 Å². The van der Waals surface area contributed by atoms with Crippen LogP contribution in [0, 0.1) is 5.82 Å². The highest BCUT2D eigenvalue weighted by Crippen LogP contribution is 2.15. The average molecular weight is 205 g/mol. The number of rotatable bonds is 3. The lowest BCUT2D eigenvalue weighted by Gasteiger charge is -2.04. The van der Waals surface area contributed by atoms with Crippen molar-refractivity contribution in [2.75, 3.05) is 18.4 Å². The summed E-state index contributed by atoms with van der Waals surface area (Å²) < 4.78 is 12.9. The predicted octanol–water partition coefficient (Wildman–Crippen LogP) is 1.74. The van der Waals surface area contributed by atoms with Gasteiger partial charge in [-0.15, -0.1) is 0 Å². The number of nitrogens with zero attached hydrogens (tertiary/aromatic N) is 1. The molecule has 0 aliphatic carbocycles. The predicted molar refractivity (Wildman–Crippen MR) is 59.2 cm³/mol. The number of hydrogen-bond acceptors (Lipinski definition) is 3. The van der Waals surface area contributed by atoms with Crippen molar-refractivity contribution < 1.29 is 4.39 Å². The fourth-order valence-corrected chi connectivity index (χ4v) is 1.39. The van der Waals surface area contributed by atoms with Crippen molar-refractivity contribution in [2.24, 2.45) is 5.73 Å². The van der Waals surface area contributed by atoms with Crippen molar-refractivity contribution in [2.45, 2.75) is 0 Å². The lowest BCUT2D eigenvalue weighted by atomic mass is 10.2. The van der Waals surface area contributed by atoms with Crippen LogP contribution < -0.4 is 11.1 Å². The number of nitrogens with two attached hydrogens (primary N) is 1. The SMILES string of the molecule is NCCNc1ccc2ccc(F)cc2n1. The summed E-state index contributed by atoms with van der Waals surface area (Å²) in [4.78, 5) is 4.27. The van der Waals surface area contributed by atoms with Gasteiger partial charge >= 0.3 is 0 Å². The van der Waals surface area contributed by atoms with Crippen LogP contribution in [-0.4, -0.2) is 18.1 Å². The lowest BCUT2D eigenvalue weighted by Crippen LogP contribution is -2.13. The second kappa shape index (κ2) is 4.23. The first-order valence-electron chi connectivity index (χ1n) is 4.80. The molecule has 0 aliphatic rings. The van der Waals surface area contributed by atoms with Gasteiger partial charge in [-0.25, -0.2) is 9.37 Å². The number of pyridine rings is 1. The smallest absolute Gasteiger partial charge is 0.126 e. The van der Waals surface area contributed by atoms with E-state index < -0.39 is 0 Å². The molecule has 0 spiro atoms. The molecule has 0 aliphatic heterocycles. The minimum Gasteiger partial charge on any atom is -0.369 e. The summed E-state index contributed by atoms with van der Waals surface area (Å²) in [6.07, 6.45) is 0. The molecule has 0 saturated carbocycles. The number of benzene rings is 1. The van der Waals surface area contributed by atoms with Gasteiger partial charge in [0.1, 0.15) is 11.6 Å². The van der Waals surface area contributed by atoms with Crippen molar-refractivity contribution in [1.29, 1.82) is 0 Å². The molecule has 1 heterocycles. The van der Waals surface area contributed by atoms with E-state index in [2.05, 4.69) is 10.3 Å². The van der Waals surface area contributed by atoms with E-state index in [1.54, 1.807) is 6.07 Å². The number of aromatic nitrogens is 1. The molecule has 0 atom stereocenters. The molecule has 1 aromatic carbocycles. The zero-order valence-corrected chi connectivity index (χ0v) is 8.20. The maximum absolute atomic E-state index is 12.9. The summed E-state index contributed by atoms with van der Waals surface area (Å²) in [6.45, 7) is 1.21. The molecule has 0 fully saturated rings. The maximum atomic E-state index is 12.9. The van der Waals surface area contributed by atoms with Crippen LogP contribution in [0.2, 0.25) is 0 Å². The first-order chi connectivity index (χ1) is 7.29. The highest BCUT2D eigenvalue weighted by Gasteiger charge is 1.98. The standard InChI is InChI=1S/C11H12FN3/c12-9-3-1-8-2-4-11(14-6-5-13)15-10(8)7-9/h1-4,7H,5-6,13H2,(H,14,15). The largest absolute Gasteiger partial charge is 0.369 e. The molecule has 4 heteroatoms. The normalized spacial score (nSPS) is 10.5. The van der Waals surface area contributed by atoms with E-state index in [-0.39, 0.29) is 5.82 Å². The van der Waals surface area contributed by atoms with Gasteiger partial charge in [0, 0.05) is 24.5 Å². The van der Waals surface area contributed by atoms with Gasteiger partial charge in [0.15, 0.2) is 0 Å². The quantitative estimate of drug-likeness (QED) is 0.802. The van der Waals surface area contributed by atoms with Crippen LogP contribution in [0.1, 0.15) is 0 Å². The van der Waals surface area contributed by atoms with Gasteiger partial charge in [-0.05, 0) is 24.3 Å². The maximum Gasteiger partial charge on any atom is 0.126 e. The van der Waals surface area contributed by atoms with E-state index in [0.29, 0.717) is 18.6 Å². The van der Waals surface area contributed by atoms with E-state index in [4.69, 9.17) is 5.73 Å². The fourth-order valence-electron chi connectivity index (χ4n) is 1.39. The molecular formula is C11H12FN3. The minimum absolute atomic E-state index is 0.272. The van der Waals surface area contributed by atoms with Gasteiger partial charge in [-0.1, -0.05) is 0 Å². The van der Waals surface area contributed by atoms with E-state index in [1.165, 1.54) is 12.1 Å². The molecule has 0 unspecified atom stereocenters. The average Bonchev–Trinajstić information content (AvgIpc) is 2.25.